The fourth-order valence-corrected chi connectivity index (χ4v) is 2.18. The number of hydrogen-bond acceptors (Lipinski definition) is 8. The lowest BCUT2D eigenvalue weighted by molar-refractivity contribution is 0.313. The van der Waals surface area contributed by atoms with Gasteiger partial charge in [0.15, 0.2) is 5.82 Å². The van der Waals surface area contributed by atoms with Gasteiger partial charge < -0.3 is 5.32 Å². The third kappa shape index (κ3) is 1.78. The number of aryl methyl sites for hydroxylation is 2. The molecule has 0 bridgehead atoms. The van der Waals surface area contributed by atoms with Crippen molar-refractivity contribution in [2.45, 2.75) is 13.8 Å². The van der Waals surface area contributed by atoms with Crippen LogP contribution in [0.2, 0.25) is 0 Å². The summed E-state index contributed by atoms with van der Waals surface area (Å²) >= 11 is 0. The molecule has 0 saturated heterocycles. The standard InChI is InChI=1S/C12H10N8O/c1-6-3-4-8(7(2)5-6)13-9-11-15-18-19-20(11)12-10(14-9)16-21-17-12/h3-5H,1-2H3,(H,13,14,16). The molecule has 3 heterocycles. The molecule has 3 aromatic heterocycles. The Labute approximate surface area is 117 Å². The van der Waals surface area contributed by atoms with Gasteiger partial charge in [-0.05, 0) is 46.2 Å². The zero-order valence-corrected chi connectivity index (χ0v) is 11.3. The van der Waals surface area contributed by atoms with Crippen molar-refractivity contribution in [2.75, 3.05) is 5.32 Å². The van der Waals surface area contributed by atoms with E-state index in [1.807, 2.05) is 26.0 Å². The second-order valence-corrected chi connectivity index (χ2v) is 4.73. The summed E-state index contributed by atoms with van der Waals surface area (Å²) in [5, 5.41) is 22.2. The number of benzene rings is 1. The van der Waals surface area contributed by atoms with Crippen LogP contribution in [0, 0.1) is 13.8 Å². The second-order valence-electron chi connectivity index (χ2n) is 4.73. The Morgan fingerprint density at radius 2 is 2.05 bits per heavy atom. The van der Waals surface area contributed by atoms with Gasteiger partial charge in [0.25, 0.3) is 0 Å². The highest BCUT2D eigenvalue weighted by Crippen LogP contribution is 2.23. The van der Waals surface area contributed by atoms with E-state index in [-0.39, 0.29) is 0 Å². The predicted octanol–water partition coefficient (Wildman–Crippen LogP) is 1.42. The summed E-state index contributed by atoms with van der Waals surface area (Å²) in [5.41, 5.74) is 4.38. The fraction of sp³-hybridized carbons (Fsp3) is 0.167. The maximum Gasteiger partial charge on any atom is 0.248 e. The van der Waals surface area contributed by atoms with Gasteiger partial charge >= 0.3 is 0 Å². The van der Waals surface area contributed by atoms with Crippen LogP contribution >= 0.6 is 0 Å². The Bertz CT molecular complexity index is 956. The lowest BCUT2D eigenvalue weighted by Crippen LogP contribution is -2.02. The van der Waals surface area contributed by atoms with Gasteiger partial charge in [0.1, 0.15) is 0 Å². The molecular weight excluding hydrogens is 272 g/mol. The van der Waals surface area contributed by atoms with Crippen LogP contribution in [-0.4, -0.2) is 35.3 Å². The molecule has 0 unspecified atom stereocenters. The number of rotatable bonds is 2. The van der Waals surface area contributed by atoms with Gasteiger partial charge in [-0.1, -0.05) is 17.7 Å². The fourth-order valence-electron chi connectivity index (χ4n) is 2.18. The average molecular weight is 282 g/mol. The van der Waals surface area contributed by atoms with Crippen molar-refractivity contribution in [2.24, 2.45) is 0 Å². The lowest BCUT2D eigenvalue weighted by Gasteiger charge is -2.09. The van der Waals surface area contributed by atoms with Crippen molar-refractivity contribution >= 4 is 28.4 Å². The first-order chi connectivity index (χ1) is 10.2. The Kier molecular flexibility index (Phi) is 2.34. The van der Waals surface area contributed by atoms with Crippen molar-refractivity contribution < 1.29 is 4.63 Å². The van der Waals surface area contributed by atoms with Gasteiger partial charge in [0, 0.05) is 5.69 Å². The molecule has 0 aliphatic rings. The Morgan fingerprint density at radius 3 is 2.90 bits per heavy atom. The van der Waals surface area contributed by atoms with E-state index in [1.165, 1.54) is 10.1 Å². The Morgan fingerprint density at radius 1 is 1.14 bits per heavy atom. The molecule has 9 heteroatoms. The summed E-state index contributed by atoms with van der Waals surface area (Å²) in [6, 6.07) is 6.08. The molecule has 0 amide bonds. The molecule has 0 radical (unpaired) electrons. The van der Waals surface area contributed by atoms with Gasteiger partial charge in [0.2, 0.25) is 16.9 Å². The first-order valence-electron chi connectivity index (χ1n) is 6.27. The van der Waals surface area contributed by atoms with Crippen LogP contribution in [0.25, 0.3) is 16.9 Å². The van der Waals surface area contributed by atoms with Crippen LogP contribution in [0.15, 0.2) is 22.8 Å². The largest absolute Gasteiger partial charge is 0.337 e. The van der Waals surface area contributed by atoms with Gasteiger partial charge in [-0.3, -0.25) is 0 Å². The number of nitrogens with one attached hydrogen (secondary N) is 1. The lowest BCUT2D eigenvalue weighted by atomic mass is 10.1. The summed E-state index contributed by atoms with van der Waals surface area (Å²) in [6.45, 7) is 4.06. The number of anilines is 2. The van der Waals surface area contributed by atoms with Crippen LogP contribution < -0.4 is 5.32 Å². The summed E-state index contributed by atoms with van der Waals surface area (Å²) in [6.07, 6.45) is 0. The zero-order chi connectivity index (χ0) is 14.4. The summed E-state index contributed by atoms with van der Waals surface area (Å²) in [4.78, 5) is 4.35. The van der Waals surface area contributed by atoms with E-state index >= 15 is 0 Å². The molecule has 104 valence electrons. The Hall–Kier alpha value is -3.10. The highest BCUT2D eigenvalue weighted by atomic mass is 16.6. The van der Waals surface area contributed by atoms with Crippen LogP contribution in [0.1, 0.15) is 11.1 Å². The molecule has 0 saturated carbocycles. The number of hydrogen-bond donors (Lipinski definition) is 1. The topological polar surface area (TPSA) is 107 Å². The number of tetrazole rings is 1. The molecule has 0 spiro atoms. The molecule has 9 nitrogen and oxygen atoms in total. The van der Waals surface area contributed by atoms with Crippen LogP contribution in [0.5, 0.6) is 0 Å². The van der Waals surface area contributed by atoms with Gasteiger partial charge in [0.05, 0.1) is 0 Å². The van der Waals surface area contributed by atoms with Crippen molar-refractivity contribution in [3.05, 3.63) is 29.3 Å². The predicted molar refractivity (Wildman–Crippen MR) is 73.1 cm³/mol. The van der Waals surface area contributed by atoms with E-state index < -0.39 is 0 Å². The molecule has 0 fully saturated rings. The molecule has 1 aromatic carbocycles. The Balaban J connectivity index is 1.90. The van der Waals surface area contributed by atoms with Gasteiger partial charge in [-0.15, -0.1) is 5.10 Å². The second kappa shape index (κ2) is 4.20. The minimum absolute atomic E-state index is 0.335. The minimum Gasteiger partial charge on any atom is -0.337 e. The molecule has 21 heavy (non-hydrogen) atoms. The van der Waals surface area contributed by atoms with Crippen molar-refractivity contribution in [1.82, 2.24) is 35.3 Å². The van der Waals surface area contributed by atoms with E-state index in [9.17, 15) is 0 Å². The van der Waals surface area contributed by atoms with Crippen molar-refractivity contribution in [3.63, 3.8) is 0 Å². The third-order valence-electron chi connectivity index (χ3n) is 3.19. The van der Waals surface area contributed by atoms with Gasteiger partial charge in [-0.25, -0.2) is 9.61 Å². The van der Waals surface area contributed by atoms with E-state index in [0.29, 0.717) is 22.8 Å². The zero-order valence-electron chi connectivity index (χ0n) is 11.3. The van der Waals surface area contributed by atoms with Crippen molar-refractivity contribution in [3.8, 4) is 0 Å². The van der Waals surface area contributed by atoms with E-state index in [2.05, 4.69) is 46.8 Å². The molecule has 1 N–H and O–H groups in total. The first-order valence-corrected chi connectivity index (χ1v) is 6.27. The van der Waals surface area contributed by atoms with Crippen LogP contribution in [0.4, 0.5) is 11.5 Å². The van der Waals surface area contributed by atoms with Crippen molar-refractivity contribution in [1.29, 1.82) is 0 Å². The summed E-state index contributed by atoms with van der Waals surface area (Å²) < 4.78 is 6.12. The van der Waals surface area contributed by atoms with E-state index in [1.54, 1.807) is 0 Å². The van der Waals surface area contributed by atoms with E-state index in [4.69, 9.17) is 0 Å². The van der Waals surface area contributed by atoms with Gasteiger partial charge in [-0.2, -0.15) is 4.52 Å². The minimum atomic E-state index is 0.335. The molecule has 4 aromatic rings. The van der Waals surface area contributed by atoms with Crippen LogP contribution in [0.3, 0.4) is 0 Å². The van der Waals surface area contributed by atoms with Crippen LogP contribution in [-0.2, 0) is 0 Å². The smallest absolute Gasteiger partial charge is 0.248 e. The molecule has 0 aliphatic heterocycles. The van der Waals surface area contributed by atoms with E-state index in [0.717, 1.165) is 11.3 Å². The average Bonchev–Trinajstić information content (AvgIpc) is 3.09. The highest BCUT2D eigenvalue weighted by molar-refractivity contribution is 5.78. The summed E-state index contributed by atoms with van der Waals surface area (Å²) in [7, 11) is 0. The highest BCUT2D eigenvalue weighted by Gasteiger charge is 2.16. The normalized spacial score (nSPS) is 11.3. The third-order valence-corrected chi connectivity index (χ3v) is 3.19. The number of fused-ring (bicyclic) bond motifs is 3. The SMILES string of the molecule is Cc1ccc(Nc2nc3nonc3n3nnnc23)c(C)c1. The first kappa shape index (κ1) is 11.7. The maximum atomic E-state index is 4.68. The number of nitrogens with zero attached hydrogens (tertiary/aromatic N) is 7. The summed E-state index contributed by atoms with van der Waals surface area (Å²) in [5.74, 6) is 0.496. The molecule has 4 rings (SSSR count). The maximum absolute atomic E-state index is 4.68. The monoisotopic (exact) mass is 282 g/mol. The molecular formula is C12H10N8O. The number of aromatic nitrogens is 7. The quantitative estimate of drug-likeness (QED) is 0.588. The molecule has 0 aliphatic carbocycles. The molecule has 0 atom stereocenters.